The van der Waals surface area contributed by atoms with E-state index < -0.39 is 10.0 Å². The lowest BCUT2D eigenvalue weighted by atomic mass is 9.92. The Morgan fingerprint density at radius 1 is 0.794 bits per heavy atom. The van der Waals surface area contributed by atoms with E-state index in [0.717, 1.165) is 16.9 Å². The van der Waals surface area contributed by atoms with Gasteiger partial charge in [-0.05, 0) is 70.3 Å². The summed E-state index contributed by atoms with van der Waals surface area (Å²) in [5, 5.41) is 0.489. The number of sulfonamides is 1. The lowest BCUT2D eigenvalue weighted by Gasteiger charge is -2.13. The number of hydrogen-bond donors (Lipinski definition) is 1. The first-order chi connectivity index (χ1) is 16.4. The van der Waals surface area contributed by atoms with Crippen LogP contribution >= 0.6 is 35.0 Å². The maximum absolute atomic E-state index is 12.9. The zero-order valence-electron chi connectivity index (χ0n) is 17.8. The van der Waals surface area contributed by atoms with Gasteiger partial charge in [-0.2, -0.15) is 0 Å². The fourth-order valence-electron chi connectivity index (χ4n) is 3.90. The Morgan fingerprint density at radius 3 is 2.38 bits per heavy atom. The third-order valence-electron chi connectivity index (χ3n) is 5.52. The van der Waals surface area contributed by atoms with Crippen molar-refractivity contribution >= 4 is 62.3 Å². The van der Waals surface area contributed by atoms with Gasteiger partial charge in [-0.3, -0.25) is 4.72 Å². The van der Waals surface area contributed by atoms with Gasteiger partial charge in [-0.25, -0.2) is 8.42 Å². The van der Waals surface area contributed by atoms with Crippen LogP contribution in [0.3, 0.4) is 0 Å². The summed E-state index contributed by atoms with van der Waals surface area (Å²) in [6.07, 6.45) is 2.11. The Balaban J connectivity index is 1.54. The summed E-state index contributed by atoms with van der Waals surface area (Å²) < 4.78 is 28.5. The summed E-state index contributed by atoms with van der Waals surface area (Å²) >= 11 is 13.8. The van der Waals surface area contributed by atoms with E-state index in [4.69, 9.17) is 23.2 Å². The molecule has 0 aliphatic carbocycles. The van der Waals surface area contributed by atoms with Crippen molar-refractivity contribution in [1.29, 1.82) is 0 Å². The summed E-state index contributed by atoms with van der Waals surface area (Å²) in [5.74, 6) is 0.897. The van der Waals surface area contributed by atoms with E-state index in [-0.39, 0.29) is 9.92 Å². The topological polar surface area (TPSA) is 46.2 Å². The molecule has 0 radical (unpaired) electrons. The molecule has 0 atom stereocenters. The van der Waals surface area contributed by atoms with Gasteiger partial charge in [0.2, 0.25) is 0 Å². The van der Waals surface area contributed by atoms with E-state index >= 15 is 0 Å². The summed E-state index contributed by atoms with van der Waals surface area (Å²) in [4.78, 5) is 1.27. The molecule has 7 heteroatoms. The number of hydrogen-bond acceptors (Lipinski definition) is 3. The molecule has 0 fully saturated rings. The summed E-state index contributed by atoms with van der Waals surface area (Å²) in [5.41, 5.74) is 6.08. The molecular formula is C27H19Cl2NO2S2. The van der Waals surface area contributed by atoms with Crippen LogP contribution in [0.2, 0.25) is 10.0 Å². The highest BCUT2D eigenvalue weighted by molar-refractivity contribution is 7.98. The van der Waals surface area contributed by atoms with Crippen LogP contribution in [0.4, 0.5) is 5.69 Å². The normalized spacial score (nSPS) is 14.2. The Labute approximate surface area is 213 Å². The van der Waals surface area contributed by atoms with Crippen LogP contribution in [0.1, 0.15) is 22.3 Å². The van der Waals surface area contributed by atoms with E-state index in [1.165, 1.54) is 39.8 Å². The summed E-state index contributed by atoms with van der Waals surface area (Å²) in [6, 6.07) is 28.4. The Morgan fingerprint density at radius 2 is 1.56 bits per heavy atom. The number of rotatable bonds is 4. The summed E-state index contributed by atoms with van der Waals surface area (Å²) in [7, 11) is -3.82. The van der Waals surface area contributed by atoms with Gasteiger partial charge in [0.05, 0.1) is 14.9 Å². The van der Waals surface area contributed by atoms with Gasteiger partial charge in [-0.15, -0.1) is 11.8 Å². The van der Waals surface area contributed by atoms with E-state index in [9.17, 15) is 8.42 Å². The van der Waals surface area contributed by atoms with Gasteiger partial charge in [-0.1, -0.05) is 77.8 Å². The third-order valence-corrected chi connectivity index (χ3v) is 8.76. The molecule has 1 N–H and O–H groups in total. The lowest BCUT2D eigenvalue weighted by molar-refractivity contribution is 0.601. The fraction of sp³-hybridized carbons (Fsp3) is 0.0370. The predicted molar refractivity (Wildman–Crippen MR) is 143 cm³/mol. The van der Waals surface area contributed by atoms with Crippen LogP contribution < -0.4 is 4.72 Å². The molecule has 0 amide bonds. The van der Waals surface area contributed by atoms with Crippen LogP contribution in [-0.2, 0) is 15.8 Å². The number of thioether (sulfide) groups is 1. The smallest absolute Gasteiger partial charge is 0.261 e. The SMILES string of the molecule is O=S(=O)(Nc1cccc(C=C2c3ccccc3CSc3ccccc32)c1)c1ccc(Cl)c(Cl)c1. The quantitative estimate of drug-likeness (QED) is 0.294. The molecule has 0 unspecified atom stereocenters. The number of anilines is 1. The maximum Gasteiger partial charge on any atom is 0.261 e. The second-order valence-electron chi connectivity index (χ2n) is 7.81. The second-order valence-corrected chi connectivity index (χ2v) is 11.3. The zero-order valence-corrected chi connectivity index (χ0v) is 21.0. The molecule has 0 aromatic heterocycles. The summed E-state index contributed by atoms with van der Waals surface area (Å²) in [6.45, 7) is 0. The van der Waals surface area contributed by atoms with Crippen molar-refractivity contribution in [3.8, 4) is 0 Å². The van der Waals surface area contributed by atoms with Crippen molar-refractivity contribution in [1.82, 2.24) is 0 Å². The standard InChI is InChI=1S/C27H19Cl2NO2S2/c28-25-13-12-21(16-26(25)29)34(31,32)30-20-8-5-6-18(14-20)15-24-22-9-2-1-7-19(22)17-33-27-11-4-3-10-23(24)27/h1-16,30H,17H2. The fourth-order valence-corrected chi connectivity index (χ4v) is 6.41. The molecule has 3 nitrogen and oxygen atoms in total. The first-order valence-electron chi connectivity index (χ1n) is 10.5. The van der Waals surface area contributed by atoms with Gasteiger partial charge in [0.1, 0.15) is 0 Å². The molecule has 1 heterocycles. The van der Waals surface area contributed by atoms with E-state index in [1.54, 1.807) is 6.07 Å². The van der Waals surface area contributed by atoms with Crippen LogP contribution in [0.5, 0.6) is 0 Å². The number of benzene rings is 4. The second kappa shape index (κ2) is 9.51. The molecule has 0 saturated carbocycles. The molecule has 0 spiro atoms. The van der Waals surface area contributed by atoms with Crippen molar-refractivity contribution < 1.29 is 8.42 Å². The lowest BCUT2D eigenvalue weighted by Crippen LogP contribution is -2.13. The number of fused-ring (bicyclic) bond motifs is 2. The Bertz CT molecular complexity index is 1480. The molecular weight excluding hydrogens is 505 g/mol. The van der Waals surface area contributed by atoms with Crippen LogP contribution in [-0.4, -0.2) is 8.42 Å². The van der Waals surface area contributed by atoms with Gasteiger partial charge in [0.25, 0.3) is 10.0 Å². The molecule has 4 aromatic carbocycles. The monoisotopic (exact) mass is 523 g/mol. The van der Waals surface area contributed by atoms with Crippen molar-refractivity contribution in [3.05, 3.63) is 123 Å². The van der Waals surface area contributed by atoms with Crippen molar-refractivity contribution in [3.63, 3.8) is 0 Å². The number of nitrogens with one attached hydrogen (secondary N) is 1. The zero-order chi connectivity index (χ0) is 23.7. The highest BCUT2D eigenvalue weighted by Crippen LogP contribution is 2.41. The van der Waals surface area contributed by atoms with Gasteiger partial charge in [0, 0.05) is 16.3 Å². The molecule has 5 rings (SSSR count). The van der Waals surface area contributed by atoms with Crippen molar-refractivity contribution in [2.24, 2.45) is 0 Å². The van der Waals surface area contributed by atoms with Gasteiger partial charge in [0.15, 0.2) is 0 Å². The van der Waals surface area contributed by atoms with E-state index in [0.29, 0.717) is 10.7 Å². The first kappa shape index (κ1) is 23.1. The van der Waals surface area contributed by atoms with Crippen molar-refractivity contribution in [2.75, 3.05) is 4.72 Å². The number of halogens is 2. The minimum absolute atomic E-state index is 0.0503. The molecule has 0 bridgehead atoms. The third kappa shape index (κ3) is 4.75. The Kier molecular flexibility index (Phi) is 6.45. The largest absolute Gasteiger partial charge is 0.280 e. The van der Waals surface area contributed by atoms with Crippen LogP contribution in [0.15, 0.2) is 101 Å². The van der Waals surface area contributed by atoms with Crippen molar-refractivity contribution in [2.45, 2.75) is 15.5 Å². The molecule has 0 saturated heterocycles. The highest BCUT2D eigenvalue weighted by Gasteiger charge is 2.19. The average Bonchev–Trinajstić information content (AvgIpc) is 2.98. The molecule has 170 valence electrons. The van der Waals surface area contributed by atoms with Crippen LogP contribution in [0.25, 0.3) is 11.6 Å². The van der Waals surface area contributed by atoms with E-state index in [2.05, 4.69) is 47.2 Å². The minimum atomic E-state index is -3.82. The van der Waals surface area contributed by atoms with Gasteiger partial charge < -0.3 is 0 Å². The minimum Gasteiger partial charge on any atom is -0.280 e. The maximum atomic E-state index is 12.9. The van der Waals surface area contributed by atoms with E-state index in [1.807, 2.05) is 42.1 Å². The molecule has 34 heavy (non-hydrogen) atoms. The highest BCUT2D eigenvalue weighted by atomic mass is 35.5. The molecule has 4 aromatic rings. The molecule has 1 aliphatic heterocycles. The Hall–Kier alpha value is -2.70. The average molecular weight is 524 g/mol. The predicted octanol–water partition coefficient (Wildman–Crippen LogP) is 7.99. The molecule has 1 aliphatic rings. The first-order valence-corrected chi connectivity index (χ1v) is 13.7. The van der Waals surface area contributed by atoms with Gasteiger partial charge >= 0.3 is 0 Å². The van der Waals surface area contributed by atoms with Crippen LogP contribution in [0, 0.1) is 0 Å².